The number of aryl methyl sites for hydroxylation is 1. The molecule has 33 heavy (non-hydrogen) atoms. The maximum Gasteiger partial charge on any atom is 0.225 e. The van der Waals surface area contributed by atoms with Gasteiger partial charge in [-0.05, 0) is 49.4 Å². The fraction of sp³-hybridized carbons (Fsp3) is 0.480. The molecule has 1 amide bonds. The Bertz CT molecular complexity index is 1070. The minimum Gasteiger partial charge on any atom is -0.353 e. The van der Waals surface area contributed by atoms with E-state index in [-0.39, 0.29) is 23.8 Å². The van der Waals surface area contributed by atoms with Crippen LogP contribution in [0, 0.1) is 12.8 Å². The third-order valence-corrected chi connectivity index (χ3v) is 6.15. The van der Waals surface area contributed by atoms with Gasteiger partial charge in [-0.15, -0.1) is 0 Å². The fourth-order valence-corrected chi connectivity index (χ4v) is 4.23. The van der Waals surface area contributed by atoms with Gasteiger partial charge < -0.3 is 10.2 Å². The van der Waals surface area contributed by atoms with Gasteiger partial charge in [0.15, 0.2) is 0 Å². The molecule has 0 spiro atoms. The Morgan fingerprint density at radius 1 is 1.15 bits per heavy atom. The number of amides is 1. The van der Waals surface area contributed by atoms with Crippen molar-refractivity contribution in [1.29, 1.82) is 0 Å². The molecule has 1 fully saturated rings. The van der Waals surface area contributed by atoms with E-state index in [0.717, 1.165) is 54.4 Å². The molecule has 8 heteroatoms. The number of rotatable bonds is 7. The average Bonchev–Trinajstić information content (AvgIpc) is 3.24. The molecule has 1 atom stereocenters. The standard InChI is InChI=1S/C25H33N7O/c1-17(2)23-22(20-5-10-26-11-6-20)15-27-25(29-23)31-12-8-21(9-13-31)28-24(33)18(3)16-32-14-7-19(4)30-32/h5-7,10-11,14-15,17-18,21H,8-9,12-13,16H2,1-4H3,(H,28,33)/t18-/m0/s1. The van der Waals surface area contributed by atoms with Gasteiger partial charge in [0, 0.05) is 49.5 Å². The van der Waals surface area contributed by atoms with Crippen LogP contribution in [0.4, 0.5) is 5.95 Å². The van der Waals surface area contributed by atoms with Gasteiger partial charge in [-0.1, -0.05) is 20.8 Å². The van der Waals surface area contributed by atoms with E-state index in [1.165, 1.54) is 0 Å². The molecule has 8 nitrogen and oxygen atoms in total. The second-order valence-electron chi connectivity index (χ2n) is 9.21. The maximum absolute atomic E-state index is 12.7. The zero-order valence-electron chi connectivity index (χ0n) is 19.9. The molecule has 3 aromatic heterocycles. The van der Waals surface area contributed by atoms with E-state index in [9.17, 15) is 4.79 Å². The molecule has 0 aliphatic carbocycles. The van der Waals surface area contributed by atoms with E-state index in [1.807, 2.05) is 49.1 Å². The summed E-state index contributed by atoms with van der Waals surface area (Å²) in [6.07, 6.45) is 9.20. The second-order valence-corrected chi connectivity index (χ2v) is 9.21. The van der Waals surface area contributed by atoms with Crippen molar-refractivity contribution in [1.82, 2.24) is 30.0 Å². The van der Waals surface area contributed by atoms with Crippen LogP contribution in [0.2, 0.25) is 0 Å². The van der Waals surface area contributed by atoms with Crippen molar-refractivity contribution in [3.8, 4) is 11.1 Å². The minimum atomic E-state index is -0.125. The Morgan fingerprint density at radius 3 is 2.52 bits per heavy atom. The summed E-state index contributed by atoms with van der Waals surface area (Å²) in [5.41, 5.74) is 4.15. The third kappa shape index (κ3) is 5.56. The number of carbonyl (C=O) groups excluding carboxylic acids is 1. The molecule has 1 N–H and O–H groups in total. The zero-order chi connectivity index (χ0) is 23.4. The summed E-state index contributed by atoms with van der Waals surface area (Å²) in [6.45, 7) is 10.5. The normalized spacial score (nSPS) is 15.6. The van der Waals surface area contributed by atoms with Gasteiger partial charge in [0.2, 0.25) is 11.9 Å². The maximum atomic E-state index is 12.7. The highest BCUT2D eigenvalue weighted by molar-refractivity contribution is 5.78. The van der Waals surface area contributed by atoms with Crippen molar-refractivity contribution in [2.75, 3.05) is 18.0 Å². The van der Waals surface area contributed by atoms with Gasteiger partial charge >= 0.3 is 0 Å². The summed E-state index contributed by atoms with van der Waals surface area (Å²) in [6, 6.07) is 6.12. The predicted molar refractivity (Wildman–Crippen MR) is 129 cm³/mol. The van der Waals surface area contributed by atoms with E-state index in [2.05, 4.69) is 39.1 Å². The van der Waals surface area contributed by atoms with E-state index >= 15 is 0 Å². The summed E-state index contributed by atoms with van der Waals surface area (Å²) in [4.78, 5) is 28.6. The Balaban J connectivity index is 1.35. The quantitative estimate of drug-likeness (QED) is 0.595. The molecule has 1 saturated heterocycles. The third-order valence-electron chi connectivity index (χ3n) is 6.15. The van der Waals surface area contributed by atoms with E-state index in [1.54, 1.807) is 12.4 Å². The van der Waals surface area contributed by atoms with Gasteiger partial charge in [-0.2, -0.15) is 5.10 Å². The molecule has 1 aliphatic rings. The summed E-state index contributed by atoms with van der Waals surface area (Å²) >= 11 is 0. The Hall–Kier alpha value is -3.29. The highest BCUT2D eigenvalue weighted by atomic mass is 16.2. The number of hydrogen-bond donors (Lipinski definition) is 1. The van der Waals surface area contributed by atoms with Crippen LogP contribution in [0.25, 0.3) is 11.1 Å². The average molecular weight is 448 g/mol. The molecule has 0 unspecified atom stereocenters. The number of piperidine rings is 1. The number of aromatic nitrogens is 5. The van der Waals surface area contributed by atoms with Crippen LogP contribution in [0.1, 0.15) is 50.9 Å². The van der Waals surface area contributed by atoms with Crippen LogP contribution in [0.5, 0.6) is 0 Å². The van der Waals surface area contributed by atoms with Crippen molar-refractivity contribution in [3.63, 3.8) is 0 Å². The first-order valence-electron chi connectivity index (χ1n) is 11.7. The number of nitrogens with zero attached hydrogens (tertiary/aromatic N) is 6. The van der Waals surface area contributed by atoms with Gasteiger partial charge in [-0.25, -0.2) is 9.97 Å². The van der Waals surface area contributed by atoms with Crippen LogP contribution >= 0.6 is 0 Å². The summed E-state index contributed by atoms with van der Waals surface area (Å²) in [5.74, 6) is 1.01. The fourth-order valence-electron chi connectivity index (χ4n) is 4.23. The second kappa shape index (κ2) is 10.1. The minimum absolute atomic E-state index is 0.0849. The van der Waals surface area contributed by atoms with E-state index in [0.29, 0.717) is 6.54 Å². The lowest BCUT2D eigenvalue weighted by Crippen LogP contribution is -2.47. The first-order valence-corrected chi connectivity index (χ1v) is 11.7. The van der Waals surface area contributed by atoms with Crippen molar-refractivity contribution in [2.24, 2.45) is 5.92 Å². The molecule has 4 heterocycles. The monoisotopic (exact) mass is 447 g/mol. The van der Waals surface area contributed by atoms with Crippen LogP contribution in [-0.2, 0) is 11.3 Å². The number of pyridine rings is 1. The van der Waals surface area contributed by atoms with Crippen molar-refractivity contribution < 1.29 is 4.79 Å². The van der Waals surface area contributed by atoms with Crippen molar-refractivity contribution >= 4 is 11.9 Å². The van der Waals surface area contributed by atoms with Gasteiger partial charge in [-0.3, -0.25) is 14.5 Å². The highest BCUT2D eigenvalue weighted by Crippen LogP contribution is 2.29. The molecular formula is C25H33N7O. The molecule has 0 radical (unpaired) electrons. The first kappa shape index (κ1) is 22.9. The highest BCUT2D eigenvalue weighted by Gasteiger charge is 2.25. The molecule has 0 bridgehead atoms. The van der Waals surface area contributed by atoms with Crippen molar-refractivity contribution in [3.05, 3.63) is 54.4 Å². The molecule has 174 valence electrons. The van der Waals surface area contributed by atoms with Crippen molar-refractivity contribution in [2.45, 2.75) is 59.0 Å². The number of hydrogen-bond acceptors (Lipinski definition) is 6. The lowest BCUT2D eigenvalue weighted by molar-refractivity contribution is -0.125. The van der Waals surface area contributed by atoms with Gasteiger partial charge in [0.25, 0.3) is 0 Å². The lowest BCUT2D eigenvalue weighted by atomic mass is 10.00. The Kier molecular flexibility index (Phi) is 7.01. The SMILES string of the molecule is Cc1ccn(C[C@H](C)C(=O)NC2CCN(c3ncc(-c4ccncc4)c(C(C)C)n3)CC2)n1. The lowest BCUT2D eigenvalue weighted by Gasteiger charge is -2.33. The zero-order valence-corrected chi connectivity index (χ0v) is 19.9. The summed E-state index contributed by atoms with van der Waals surface area (Å²) < 4.78 is 1.83. The first-order chi connectivity index (χ1) is 15.9. The van der Waals surface area contributed by atoms with Crippen LogP contribution < -0.4 is 10.2 Å². The topological polar surface area (TPSA) is 88.8 Å². The molecule has 0 saturated carbocycles. The summed E-state index contributed by atoms with van der Waals surface area (Å²) in [7, 11) is 0. The van der Waals surface area contributed by atoms with Crippen LogP contribution in [0.15, 0.2) is 43.0 Å². The Labute approximate surface area is 195 Å². The summed E-state index contributed by atoms with van der Waals surface area (Å²) in [5, 5.41) is 7.61. The molecule has 1 aliphatic heterocycles. The molecule has 4 rings (SSSR count). The number of carbonyl (C=O) groups is 1. The number of anilines is 1. The smallest absolute Gasteiger partial charge is 0.225 e. The molecule has 3 aromatic rings. The van der Waals surface area contributed by atoms with E-state index < -0.39 is 0 Å². The Morgan fingerprint density at radius 2 is 1.88 bits per heavy atom. The van der Waals surface area contributed by atoms with Crippen LogP contribution in [-0.4, -0.2) is 49.8 Å². The molecular weight excluding hydrogens is 414 g/mol. The molecule has 0 aromatic carbocycles. The van der Waals surface area contributed by atoms with E-state index in [4.69, 9.17) is 4.98 Å². The van der Waals surface area contributed by atoms with Crippen LogP contribution in [0.3, 0.4) is 0 Å². The van der Waals surface area contributed by atoms with Gasteiger partial charge in [0.05, 0.1) is 23.9 Å². The predicted octanol–water partition coefficient (Wildman–Crippen LogP) is 3.59. The number of nitrogens with one attached hydrogen (secondary N) is 1. The largest absolute Gasteiger partial charge is 0.353 e. The van der Waals surface area contributed by atoms with Gasteiger partial charge in [0.1, 0.15) is 0 Å².